The van der Waals surface area contributed by atoms with Crippen LogP contribution >= 0.6 is 0 Å². The molecule has 0 spiro atoms. The third-order valence-electron chi connectivity index (χ3n) is 4.93. The molecule has 7 heteroatoms. The van der Waals surface area contributed by atoms with Crippen LogP contribution in [-0.4, -0.2) is 47.3 Å². The molecule has 2 aromatic rings. The summed E-state index contributed by atoms with van der Waals surface area (Å²) in [5.41, 5.74) is 1.54. The Morgan fingerprint density at radius 1 is 1.08 bits per heavy atom. The molecule has 26 heavy (non-hydrogen) atoms. The van der Waals surface area contributed by atoms with E-state index in [1.165, 1.54) is 31.3 Å². The van der Waals surface area contributed by atoms with E-state index in [4.69, 9.17) is 4.74 Å². The van der Waals surface area contributed by atoms with Crippen LogP contribution in [0.1, 0.15) is 19.3 Å². The van der Waals surface area contributed by atoms with Crippen molar-refractivity contribution in [3.63, 3.8) is 0 Å². The zero-order valence-corrected chi connectivity index (χ0v) is 14.6. The van der Waals surface area contributed by atoms with Crippen LogP contribution in [0.15, 0.2) is 41.7 Å². The van der Waals surface area contributed by atoms with Crippen molar-refractivity contribution in [1.82, 2.24) is 14.9 Å². The van der Waals surface area contributed by atoms with Crippen molar-refractivity contribution in [1.29, 1.82) is 0 Å². The van der Waals surface area contributed by atoms with Crippen LogP contribution in [0.4, 0.5) is 10.2 Å². The van der Waals surface area contributed by atoms with E-state index >= 15 is 0 Å². The number of nitrogens with one attached hydrogen (secondary N) is 1. The number of hydrogen-bond acceptors (Lipinski definition) is 6. The molecule has 1 N–H and O–H groups in total. The van der Waals surface area contributed by atoms with E-state index < -0.39 is 0 Å². The molecule has 4 heterocycles. The van der Waals surface area contributed by atoms with Crippen LogP contribution < -0.4 is 5.32 Å². The first-order chi connectivity index (χ1) is 12.8. The number of ether oxygens (including phenoxy) is 1. The highest BCUT2D eigenvalue weighted by Gasteiger charge is 2.21. The van der Waals surface area contributed by atoms with E-state index in [0.29, 0.717) is 24.3 Å². The molecule has 1 aromatic heterocycles. The number of piperidine rings is 1. The number of amidine groups is 1. The van der Waals surface area contributed by atoms with Crippen molar-refractivity contribution < 1.29 is 9.13 Å². The van der Waals surface area contributed by atoms with E-state index in [9.17, 15) is 4.39 Å². The zero-order chi connectivity index (χ0) is 17.8. The summed E-state index contributed by atoms with van der Waals surface area (Å²) in [5, 5.41) is 3.15. The van der Waals surface area contributed by atoms with Gasteiger partial charge in [-0.25, -0.2) is 19.4 Å². The molecule has 0 radical (unpaired) electrons. The number of nitrogens with zero attached hydrogens (tertiary/aromatic N) is 4. The summed E-state index contributed by atoms with van der Waals surface area (Å²) < 4.78 is 19.0. The second-order valence-electron chi connectivity index (χ2n) is 6.73. The summed E-state index contributed by atoms with van der Waals surface area (Å²) in [6.07, 6.45) is 5.03. The van der Waals surface area contributed by atoms with Gasteiger partial charge in [0.25, 0.3) is 6.02 Å². The van der Waals surface area contributed by atoms with Gasteiger partial charge in [-0.3, -0.25) is 10.2 Å². The predicted molar refractivity (Wildman–Crippen MR) is 98.2 cm³/mol. The average Bonchev–Trinajstić information content (AvgIpc) is 2.68. The van der Waals surface area contributed by atoms with Crippen molar-refractivity contribution in [2.45, 2.75) is 19.3 Å². The Labute approximate surface area is 152 Å². The van der Waals surface area contributed by atoms with E-state index in [2.05, 4.69) is 25.2 Å². The first-order valence-corrected chi connectivity index (χ1v) is 9.01. The average molecular weight is 355 g/mol. The first kappa shape index (κ1) is 16.9. The smallest absolute Gasteiger partial charge is 0.291 e. The van der Waals surface area contributed by atoms with E-state index in [0.717, 1.165) is 37.5 Å². The maximum absolute atomic E-state index is 13.1. The van der Waals surface area contributed by atoms with Crippen molar-refractivity contribution in [3.05, 3.63) is 42.5 Å². The van der Waals surface area contributed by atoms with Crippen LogP contribution in [0.25, 0.3) is 11.3 Å². The summed E-state index contributed by atoms with van der Waals surface area (Å²) in [6, 6.07) is 8.53. The van der Waals surface area contributed by atoms with Gasteiger partial charge in [0.1, 0.15) is 24.7 Å². The largest absolute Gasteiger partial charge is 0.449 e. The Morgan fingerprint density at radius 2 is 1.88 bits per heavy atom. The zero-order valence-electron chi connectivity index (χ0n) is 14.6. The molecule has 1 saturated heterocycles. The monoisotopic (exact) mass is 355 g/mol. The van der Waals surface area contributed by atoms with Crippen molar-refractivity contribution >= 4 is 11.8 Å². The second kappa shape index (κ2) is 7.78. The van der Waals surface area contributed by atoms with Gasteiger partial charge in [-0.15, -0.1) is 0 Å². The molecule has 0 unspecified atom stereocenters. The molecule has 0 atom stereocenters. The summed E-state index contributed by atoms with van der Waals surface area (Å²) in [7, 11) is 0. The van der Waals surface area contributed by atoms with Crippen molar-refractivity contribution in [3.8, 4) is 11.3 Å². The molecule has 3 aliphatic rings. The molecular formula is C19H22FN5O. The van der Waals surface area contributed by atoms with Gasteiger partial charge in [0.05, 0.1) is 5.69 Å². The summed E-state index contributed by atoms with van der Waals surface area (Å²) in [6.45, 7) is 3.46. The summed E-state index contributed by atoms with van der Waals surface area (Å²) in [4.78, 5) is 15.4. The molecule has 2 bridgehead atoms. The number of aliphatic imine (C=N–C) groups is 1. The Kier molecular flexibility index (Phi) is 5.06. The molecule has 1 aromatic carbocycles. The maximum atomic E-state index is 13.1. The molecule has 0 aliphatic carbocycles. The topological polar surface area (TPSA) is 62.6 Å². The third kappa shape index (κ3) is 4.16. The Hall–Kier alpha value is -2.54. The fraction of sp³-hybridized carbons (Fsp3) is 0.421. The fourth-order valence-electron chi connectivity index (χ4n) is 3.34. The van der Waals surface area contributed by atoms with Gasteiger partial charge in [-0.1, -0.05) is 0 Å². The number of benzene rings is 1. The molecule has 3 aliphatic heterocycles. The minimum atomic E-state index is -0.269. The van der Waals surface area contributed by atoms with Crippen LogP contribution in [0.3, 0.4) is 0 Å². The molecule has 6 nitrogen and oxygen atoms in total. The second-order valence-corrected chi connectivity index (χ2v) is 6.73. The van der Waals surface area contributed by atoms with Crippen LogP contribution in [0, 0.1) is 11.7 Å². The number of anilines is 1. The highest BCUT2D eigenvalue weighted by atomic mass is 19.1. The van der Waals surface area contributed by atoms with Gasteiger partial charge < -0.3 is 4.74 Å². The standard InChI is InChI=1S/C19H22FN5O/c20-16-3-1-15(2-4-16)17-11-18(23-12-22-17)24-19-21-8-5-14-6-9-25(10-7-14)13-26-19/h1-4,11-12,14H,5-10,13H2,(H,21,22,23,24). The summed E-state index contributed by atoms with van der Waals surface area (Å²) >= 11 is 0. The van der Waals surface area contributed by atoms with Gasteiger partial charge >= 0.3 is 0 Å². The normalized spacial score (nSPS) is 25.0. The molecule has 0 saturated carbocycles. The van der Waals surface area contributed by atoms with E-state index in [-0.39, 0.29) is 5.82 Å². The highest BCUT2D eigenvalue weighted by Crippen LogP contribution is 2.22. The van der Waals surface area contributed by atoms with Crippen molar-refractivity contribution in [2.75, 3.05) is 31.7 Å². The van der Waals surface area contributed by atoms with Gasteiger partial charge in [0, 0.05) is 31.3 Å². The lowest BCUT2D eigenvalue weighted by Crippen LogP contribution is -2.38. The van der Waals surface area contributed by atoms with Crippen LogP contribution in [0.2, 0.25) is 0 Å². The quantitative estimate of drug-likeness (QED) is 0.897. The fourth-order valence-corrected chi connectivity index (χ4v) is 3.34. The first-order valence-electron chi connectivity index (χ1n) is 9.01. The Balaban J connectivity index is 1.49. The lowest BCUT2D eigenvalue weighted by atomic mass is 9.94. The lowest BCUT2D eigenvalue weighted by Gasteiger charge is -2.32. The number of rotatable bonds is 2. The molecule has 136 valence electrons. The number of hydrogen-bond donors (Lipinski definition) is 1. The number of fused-ring (bicyclic) bond motifs is 6. The third-order valence-corrected chi connectivity index (χ3v) is 4.93. The molecule has 5 rings (SSSR count). The van der Waals surface area contributed by atoms with Gasteiger partial charge in [0.15, 0.2) is 0 Å². The van der Waals surface area contributed by atoms with E-state index in [1.807, 2.05) is 6.07 Å². The number of halogens is 1. The molecule has 0 amide bonds. The Bertz CT molecular complexity index is 772. The lowest BCUT2D eigenvalue weighted by molar-refractivity contribution is 0.0761. The van der Waals surface area contributed by atoms with Gasteiger partial charge in [-0.2, -0.15) is 0 Å². The molecular weight excluding hydrogens is 333 g/mol. The van der Waals surface area contributed by atoms with Gasteiger partial charge in [-0.05, 0) is 49.4 Å². The van der Waals surface area contributed by atoms with E-state index in [1.54, 1.807) is 12.1 Å². The Morgan fingerprint density at radius 3 is 2.69 bits per heavy atom. The number of aromatic nitrogens is 2. The maximum Gasteiger partial charge on any atom is 0.291 e. The SMILES string of the molecule is Fc1ccc(-c2cc(N/C3=N/CCC4CCN(CC4)CO3)ncn2)cc1. The highest BCUT2D eigenvalue weighted by molar-refractivity contribution is 5.88. The minimum Gasteiger partial charge on any atom is -0.449 e. The van der Waals surface area contributed by atoms with Gasteiger partial charge in [0.2, 0.25) is 0 Å². The van der Waals surface area contributed by atoms with Crippen molar-refractivity contribution in [2.24, 2.45) is 10.9 Å². The minimum absolute atomic E-state index is 0.269. The molecule has 1 fully saturated rings. The van der Waals surface area contributed by atoms with Crippen LogP contribution in [0.5, 0.6) is 0 Å². The van der Waals surface area contributed by atoms with Crippen LogP contribution in [-0.2, 0) is 4.74 Å². The predicted octanol–water partition coefficient (Wildman–Crippen LogP) is 3.14. The summed E-state index contributed by atoms with van der Waals surface area (Å²) in [5.74, 6) is 1.10.